The molecule has 6 nitrogen and oxygen atoms in total. The van der Waals surface area contributed by atoms with E-state index in [1.54, 1.807) is 0 Å². The van der Waals surface area contributed by atoms with E-state index in [4.69, 9.17) is 10.2 Å². The molecule has 0 fully saturated rings. The van der Waals surface area contributed by atoms with Crippen molar-refractivity contribution in [1.82, 2.24) is 10.6 Å². The van der Waals surface area contributed by atoms with Crippen LogP contribution in [0, 0.1) is 5.92 Å². The van der Waals surface area contributed by atoms with E-state index in [0.29, 0.717) is 5.92 Å². The molecule has 2 amide bonds. The minimum absolute atomic E-state index is 0.00310. The Balaban J connectivity index is 4.03. The van der Waals surface area contributed by atoms with E-state index < -0.39 is 18.0 Å². The van der Waals surface area contributed by atoms with Crippen LogP contribution >= 0.6 is 0 Å². The molecule has 0 radical (unpaired) electrons. The second-order valence-corrected chi connectivity index (χ2v) is 4.89. The number of carboxylic acid groups (broad SMARTS) is 1. The average Bonchev–Trinajstić information content (AvgIpc) is 2.25. The SMILES string of the molecule is CC(C)CCC(C)NC(=O)NC(CCO)C(=O)O. The number of amides is 2. The van der Waals surface area contributed by atoms with Gasteiger partial charge < -0.3 is 20.8 Å². The second kappa shape index (κ2) is 8.74. The van der Waals surface area contributed by atoms with Crippen molar-refractivity contribution in [3.8, 4) is 0 Å². The van der Waals surface area contributed by atoms with Crippen LogP contribution in [0.5, 0.6) is 0 Å². The number of carboxylic acids is 1. The summed E-state index contributed by atoms with van der Waals surface area (Å²) in [4.78, 5) is 22.3. The third-order valence-corrected chi connectivity index (χ3v) is 2.58. The summed E-state index contributed by atoms with van der Waals surface area (Å²) in [6, 6.07) is -1.56. The lowest BCUT2D eigenvalue weighted by Gasteiger charge is -2.18. The van der Waals surface area contributed by atoms with E-state index >= 15 is 0 Å². The highest BCUT2D eigenvalue weighted by atomic mass is 16.4. The van der Waals surface area contributed by atoms with Crippen LogP contribution in [-0.2, 0) is 4.79 Å². The van der Waals surface area contributed by atoms with Gasteiger partial charge in [0.2, 0.25) is 0 Å². The molecular formula is C12H24N2O4. The Morgan fingerprint density at radius 1 is 1.06 bits per heavy atom. The van der Waals surface area contributed by atoms with E-state index in [9.17, 15) is 9.59 Å². The van der Waals surface area contributed by atoms with Gasteiger partial charge in [0.1, 0.15) is 6.04 Å². The molecule has 4 N–H and O–H groups in total. The van der Waals surface area contributed by atoms with Gasteiger partial charge in [-0.3, -0.25) is 0 Å². The number of hydrogen-bond acceptors (Lipinski definition) is 3. The number of carbonyl (C=O) groups is 2. The number of rotatable bonds is 8. The van der Waals surface area contributed by atoms with Crippen LogP contribution in [0.4, 0.5) is 4.79 Å². The van der Waals surface area contributed by atoms with Gasteiger partial charge in [-0.2, -0.15) is 0 Å². The normalized spacial score (nSPS) is 14.1. The smallest absolute Gasteiger partial charge is 0.326 e. The summed E-state index contributed by atoms with van der Waals surface area (Å²) in [5, 5.41) is 22.5. The van der Waals surface area contributed by atoms with Crippen molar-refractivity contribution in [2.45, 2.75) is 52.1 Å². The Kier molecular flexibility index (Phi) is 8.11. The highest BCUT2D eigenvalue weighted by molar-refractivity contribution is 5.82. The molecule has 2 unspecified atom stereocenters. The summed E-state index contributed by atoms with van der Waals surface area (Å²) in [5.41, 5.74) is 0. The number of carbonyl (C=O) groups excluding carboxylic acids is 1. The molecule has 0 bridgehead atoms. The first-order chi connectivity index (χ1) is 8.36. The molecule has 0 rings (SSSR count). The summed E-state index contributed by atoms with van der Waals surface area (Å²) in [6.45, 7) is 5.81. The van der Waals surface area contributed by atoms with Crippen LogP contribution in [-0.4, -0.2) is 40.9 Å². The second-order valence-electron chi connectivity index (χ2n) is 4.89. The molecule has 0 saturated heterocycles. The Labute approximate surface area is 108 Å². The quantitative estimate of drug-likeness (QED) is 0.522. The molecule has 0 aromatic rings. The lowest BCUT2D eigenvalue weighted by Crippen LogP contribution is -2.48. The van der Waals surface area contributed by atoms with Crippen molar-refractivity contribution >= 4 is 12.0 Å². The largest absolute Gasteiger partial charge is 0.480 e. The summed E-state index contributed by atoms with van der Waals surface area (Å²) in [7, 11) is 0. The van der Waals surface area contributed by atoms with Crippen molar-refractivity contribution in [2.24, 2.45) is 5.92 Å². The first-order valence-corrected chi connectivity index (χ1v) is 6.27. The molecule has 0 spiro atoms. The third-order valence-electron chi connectivity index (χ3n) is 2.58. The van der Waals surface area contributed by atoms with Gasteiger partial charge in [0.15, 0.2) is 0 Å². The zero-order valence-electron chi connectivity index (χ0n) is 11.3. The van der Waals surface area contributed by atoms with Crippen molar-refractivity contribution < 1.29 is 19.8 Å². The van der Waals surface area contributed by atoms with Crippen LogP contribution in [0.2, 0.25) is 0 Å². The Morgan fingerprint density at radius 3 is 2.11 bits per heavy atom. The maximum Gasteiger partial charge on any atom is 0.326 e. The number of aliphatic hydroxyl groups is 1. The van der Waals surface area contributed by atoms with E-state index in [1.165, 1.54) is 0 Å². The van der Waals surface area contributed by atoms with Gasteiger partial charge >= 0.3 is 12.0 Å². The predicted molar refractivity (Wildman–Crippen MR) is 68.3 cm³/mol. The molecule has 0 aliphatic heterocycles. The highest BCUT2D eigenvalue weighted by Gasteiger charge is 2.19. The maximum atomic E-state index is 11.5. The van der Waals surface area contributed by atoms with Gasteiger partial charge in [0.25, 0.3) is 0 Å². The van der Waals surface area contributed by atoms with E-state index in [1.807, 2.05) is 6.92 Å². The van der Waals surface area contributed by atoms with E-state index in [-0.39, 0.29) is 19.1 Å². The zero-order valence-corrected chi connectivity index (χ0v) is 11.3. The van der Waals surface area contributed by atoms with Crippen LogP contribution in [0.3, 0.4) is 0 Å². The molecule has 0 aromatic carbocycles. The summed E-state index contributed by atoms with van der Waals surface area (Å²) in [6.07, 6.45) is 1.85. The molecule has 0 heterocycles. The number of aliphatic hydroxyl groups excluding tert-OH is 1. The molecule has 0 aromatic heterocycles. The van der Waals surface area contributed by atoms with Gasteiger partial charge in [-0.1, -0.05) is 13.8 Å². The third kappa shape index (κ3) is 7.89. The van der Waals surface area contributed by atoms with Gasteiger partial charge in [0.05, 0.1) is 0 Å². The van der Waals surface area contributed by atoms with Gasteiger partial charge in [0, 0.05) is 19.1 Å². The van der Waals surface area contributed by atoms with Gasteiger partial charge in [-0.25, -0.2) is 9.59 Å². The van der Waals surface area contributed by atoms with Crippen LogP contribution < -0.4 is 10.6 Å². The number of aliphatic carboxylic acids is 1. The minimum Gasteiger partial charge on any atom is -0.480 e. The fourth-order valence-corrected chi connectivity index (χ4v) is 1.47. The number of nitrogens with one attached hydrogen (secondary N) is 2. The van der Waals surface area contributed by atoms with Crippen molar-refractivity contribution in [3.63, 3.8) is 0 Å². The van der Waals surface area contributed by atoms with Gasteiger partial charge in [-0.05, 0) is 25.7 Å². The maximum absolute atomic E-state index is 11.5. The first-order valence-electron chi connectivity index (χ1n) is 6.27. The average molecular weight is 260 g/mol. The standard InChI is InChI=1S/C12H24N2O4/c1-8(2)4-5-9(3)13-12(18)14-10(6-7-15)11(16)17/h8-10,15H,4-7H2,1-3H3,(H,16,17)(H2,13,14,18). The molecule has 0 aliphatic carbocycles. The zero-order chi connectivity index (χ0) is 14.1. The summed E-state index contributed by atoms with van der Waals surface area (Å²) < 4.78 is 0. The fourth-order valence-electron chi connectivity index (χ4n) is 1.47. The number of hydrogen-bond donors (Lipinski definition) is 4. The van der Waals surface area contributed by atoms with E-state index in [0.717, 1.165) is 12.8 Å². The topological polar surface area (TPSA) is 98.7 Å². The number of urea groups is 1. The molecule has 18 heavy (non-hydrogen) atoms. The van der Waals surface area contributed by atoms with Gasteiger partial charge in [-0.15, -0.1) is 0 Å². The predicted octanol–water partition coefficient (Wildman–Crippen LogP) is 0.946. The Bertz CT molecular complexity index is 269. The molecule has 6 heteroatoms. The lowest BCUT2D eigenvalue weighted by molar-refractivity contribution is -0.139. The van der Waals surface area contributed by atoms with E-state index in [2.05, 4.69) is 24.5 Å². The summed E-state index contributed by atoms with van der Waals surface area (Å²) in [5.74, 6) is -0.576. The van der Waals surface area contributed by atoms with Crippen LogP contribution in [0.15, 0.2) is 0 Å². The molecular weight excluding hydrogens is 236 g/mol. The fraction of sp³-hybridized carbons (Fsp3) is 0.833. The van der Waals surface area contributed by atoms with Crippen LogP contribution in [0.25, 0.3) is 0 Å². The van der Waals surface area contributed by atoms with Crippen molar-refractivity contribution in [3.05, 3.63) is 0 Å². The molecule has 2 atom stereocenters. The molecule has 0 aliphatic rings. The minimum atomic E-state index is -1.14. The highest BCUT2D eigenvalue weighted by Crippen LogP contribution is 2.06. The Morgan fingerprint density at radius 2 is 1.67 bits per heavy atom. The monoisotopic (exact) mass is 260 g/mol. The summed E-state index contributed by atoms with van der Waals surface area (Å²) >= 11 is 0. The first kappa shape index (κ1) is 16.7. The Hall–Kier alpha value is -1.30. The van der Waals surface area contributed by atoms with Crippen molar-refractivity contribution in [1.29, 1.82) is 0 Å². The molecule has 106 valence electrons. The lowest BCUT2D eigenvalue weighted by atomic mass is 10.0. The van der Waals surface area contributed by atoms with Crippen molar-refractivity contribution in [2.75, 3.05) is 6.61 Å². The molecule has 0 saturated carbocycles. The van der Waals surface area contributed by atoms with Crippen LogP contribution in [0.1, 0.15) is 40.0 Å².